The standard InChI is InChI=1S/C12H20BNO2/c1-13(15)12-6-4-11(5-7-12)10-14(2)8-9-16-3/h4-7,15H,8-10H2,1-3H3. The molecule has 1 N–H and O–H groups in total. The quantitative estimate of drug-likeness (QED) is 0.713. The molecule has 0 aliphatic heterocycles. The van der Waals surface area contributed by atoms with Gasteiger partial charge in [0, 0.05) is 20.2 Å². The maximum Gasteiger partial charge on any atom is 0.320 e. The first-order valence-corrected chi connectivity index (χ1v) is 5.58. The van der Waals surface area contributed by atoms with Crippen LogP contribution in [0.4, 0.5) is 0 Å². The molecule has 0 amide bonds. The van der Waals surface area contributed by atoms with Crippen LogP contribution in [0.2, 0.25) is 6.82 Å². The van der Waals surface area contributed by atoms with E-state index < -0.39 is 0 Å². The minimum Gasteiger partial charge on any atom is -0.447 e. The molecule has 0 spiro atoms. The number of benzene rings is 1. The molecule has 0 aromatic heterocycles. The van der Waals surface area contributed by atoms with Gasteiger partial charge in [-0.15, -0.1) is 0 Å². The number of methoxy groups -OCH3 is 1. The van der Waals surface area contributed by atoms with E-state index in [2.05, 4.69) is 24.1 Å². The van der Waals surface area contributed by atoms with Gasteiger partial charge in [0.2, 0.25) is 0 Å². The van der Waals surface area contributed by atoms with E-state index >= 15 is 0 Å². The molecular formula is C12H20BNO2. The number of rotatable bonds is 6. The van der Waals surface area contributed by atoms with Crippen LogP contribution in [0.1, 0.15) is 5.56 Å². The van der Waals surface area contributed by atoms with Crippen LogP contribution in [-0.2, 0) is 11.3 Å². The van der Waals surface area contributed by atoms with Gasteiger partial charge in [-0.1, -0.05) is 31.1 Å². The van der Waals surface area contributed by atoms with Crippen LogP contribution in [-0.4, -0.2) is 44.1 Å². The van der Waals surface area contributed by atoms with Crippen molar-refractivity contribution < 1.29 is 9.76 Å². The molecular weight excluding hydrogens is 201 g/mol. The van der Waals surface area contributed by atoms with E-state index in [0.29, 0.717) is 0 Å². The molecule has 3 nitrogen and oxygen atoms in total. The second kappa shape index (κ2) is 6.68. The van der Waals surface area contributed by atoms with Crippen molar-refractivity contribution in [2.45, 2.75) is 13.4 Å². The fraction of sp³-hybridized carbons (Fsp3) is 0.500. The summed E-state index contributed by atoms with van der Waals surface area (Å²) in [4.78, 5) is 2.21. The Morgan fingerprint density at radius 1 is 1.31 bits per heavy atom. The topological polar surface area (TPSA) is 32.7 Å². The zero-order valence-electron chi connectivity index (χ0n) is 10.3. The summed E-state index contributed by atoms with van der Waals surface area (Å²) in [5.74, 6) is 0. The molecule has 1 aromatic carbocycles. The predicted molar refractivity (Wildman–Crippen MR) is 68.1 cm³/mol. The Morgan fingerprint density at radius 3 is 2.44 bits per heavy atom. The molecule has 16 heavy (non-hydrogen) atoms. The lowest BCUT2D eigenvalue weighted by atomic mass is 9.64. The van der Waals surface area contributed by atoms with Gasteiger partial charge in [0.1, 0.15) is 0 Å². The Balaban J connectivity index is 2.48. The van der Waals surface area contributed by atoms with Crippen molar-refractivity contribution in [1.82, 2.24) is 4.90 Å². The summed E-state index contributed by atoms with van der Waals surface area (Å²) in [6.45, 7) is 3.97. The lowest BCUT2D eigenvalue weighted by Gasteiger charge is -2.16. The third-order valence-electron chi connectivity index (χ3n) is 2.59. The maximum absolute atomic E-state index is 9.39. The van der Waals surface area contributed by atoms with E-state index in [4.69, 9.17) is 4.74 Å². The van der Waals surface area contributed by atoms with Gasteiger partial charge in [0.05, 0.1) is 6.61 Å². The van der Waals surface area contributed by atoms with Gasteiger partial charge in [-0.2, -0.15) is 0 Å². The molecule has 0 aliphatic rings. The highest BCUT2D eigenvalue weighted by molar-refractivity contribution is 6.64. The molecule has 0 saturated heterocycles. The third-order valence-corrected chi connectivity index (χ3v) is 2.59. The van der Waals surface area contributed by atoms with Crippen molar-refractivity contribution in [3.05, 3.63) is 29.8 Å². The highest BCUT2D eigenvalue weighted by atomic mass is 16.5. The van der Waals surface area contributed by atoms with E-state index in [1.54, 1.807) is 13.9 Å². The average molecular weight is 221 g/mol. The summed E-state index contributed by atoms with van der Waals surface area (Å²) < 4.78 is 5.03. The first-order chi connectivity index (χ1) is 7.63. The van der Waals surface area contributed by atoms with Gasteiger partial charge in [-0.05, 0) is 18.1 Å². The molecule has 0 radical (unpaired) electrons. The minimum absolute atomic E-state index is 0.389. The van der Waals surface area contributed by atoms with Crippen molar-refractivity contribution in [1.29, 1.82) is 0 Å². The molecule has 4 heteroatoms. The number of likely N-dealkylation sites (N-methyl/N-ethyl adjacent to an activating group) is 1. The molecule has 1 aromatic rings. The lowest BCUT2D eigenvalue weighted by Crippen LogP contribution is -2.26. The summed E-state index contributed by atoms with van der Waals surface area (Å²) in [5, 5.41) is 9.39. The van der Waals surface area contributed by atoms with Crippen LogP contribution in [0.3, 0.4) is 0 Å². The Labute approximate surface area is 98.1 Å². The molecule has 88 valence electrons. The molecule has 1 rings (SSSR count). The Morgan fingerprint density at radius 2 is 1.94 bits per heavy atom. The van der Waals surface area contributed by atoms with E-state index in [-0.39, 0.29) is 6.92 Å². The fourth-order valence-corrected chi connectivity index (χ4v) is 1.54. The highest BCUT2D eigenvalue weighted by Gasteiger charge is 2.06. The first-order valence-electron chi connectivity index (χ1n) is 5.58. The maximum atomic E-state index is 9.39. The zero-order valence-corrected chi connectivity index (χ0v) is 10.3. The predicted octanol–water partition coefficient (Wildman–Crippen LogP) is 0.585. The van der Waals surface area contributed by atoms with E-state index in [1.807, 2.05) is 12.1 Å². The summed E-state index contributed by atoms with van der Waals surface area (Å²) in [6.07, 6.45) is 0. The number of nitrogens with zero attached hydrogens (tertiary/aromatic N) is 1. The van der Waals surface area contributed by atoms with Crippen LogP contribution in [0.25, 0.3) is 0 Å². The molecule has 0 saturated carbocycles. The zero-order chi connectivity index (χ0) is 12.0. The van der Waals surface area contributed by atoms with Crippen LogP contribution < -0.4 is 5.46 Å². The van der Waals surface area contributed by atoms with Crippen LogP contribution >= 0.6 is 0 Å². The van der Waals surface area contributed by atoms with Gasteiger partial charge in [-0.3, -0.25) is 4.90 Å². The van der Waals surface area contributed by atoms with Gasteiger partial charge < -0.3 is 9.76 Å². The smallest absolute Gasteiger partial charge is 0.320 e. The minimum atomic E-state index is -0.389. The molecule has 0 bridgehead atoms. The second-order valence-electron chi connectivity index (χ2n) is 4.15. The SMILES string of the molecule is COCCN(C)Cc1ccc(B(C)O)cc1. The molecule has 0 fully saturated rings. The van der Waals surface area contributed by atoms with Crippen LogP contribution in [0.15, 0.2) is 24.3 Å². The molecule has 0 heterocycles. The average Bonchev–Trinajstić information content (AvgIpc) is 2.27. The lowest BCUT2D eigenvalue weighted by molar-refractivity contribution is 0.158. The van der Waals surface area contributed by atoms with Gasteiger partial charge in [-0.25, -0.2) is 0 Å². The van der Waals surface area contributed by atoms with E-state index in [9.17, 15) is 5.02 Å². The molecule has 0 aliphatic carbocycles. The largest absolute Gasteiger partial charge is 0.447 e. The van der Waals surface area contributed by atoms with Gasteiger partial charge in [0.15, 0.2) is 0 Å². The first kappa shape index (κ1) is 13.2. The summed E-state index contributed by atoms with van der Waals surface area (Å²) in [6, 6.07) is 8.07. The van der Waals surface area contributed by atoms with E-state index in [1.165, 1.54) is 5.56 Å². The summed E-state index contributed by atoms with van der Waals surface area (Å²) in [5.41, 5.74) is 2.21. The number of ether oxygens (including phenoxy) is 1. The van der Waals surface area contributed by atoms with Crippen LogP contribution in [0.5, 0.6) is 0 Å². The monoisotopic (exact) mass is 221 g/mol. The Bertz CT molecular complexity index is 300. The summed E-state index contributed by atoms with van der Waals surface area (Å²) in [7, 11) is 3.78. The van der Waals surface area contributed by atoms with Gasteiger partial charge in [0.25, 0.3) is 0 Å². The normalized spacial score (nSPS) is 10.8. The van der Waals surface area contributed by atoms with Crippen molar-refractivity contribution in [2.75, 3.05) is 27.3 Å². The third kappa shape index (κ3) is 4.35. The van der Waals surface area contributed by atoms with Crippen molar-refractivity contribution in [2.24, 2.45) is 0 Å². The van der Waals surface area contributed by atoms with Gasteiger partial charge >= 0.3 is 6.92 Å². The molecule has 0 atom stereocenters. The van der Waals surface area contributed by atoms with Crippen molar-refractivity contribution >= 4 is 12.4 Å². The number of hydrogen-bond donors (Lipinski definition) is 1. The second-order valence-corrected chi connectivity index (χ2v) is 4.15. The van der Waals surface area contributed by atoms with Crippen LogP contribution in [0, 0.1) is 0 Å². The highest BCUT2D eigenvalue weighted by Crippen LogP contribution is 2.01. The van der Waals surface area contributed by atoms with E-state index in [0.717, 1.165) is 25.2 Å². The Kier molecular flexibility index (Phi) is 5.53. The Hall–Kier alpha value is -0.835. The summed E-state index contributed by atoms with van der Waals surface area (Å²) >= 11 is 0. The number of hydrogen-bond acceptors (Lipinski definition) is 3. The van der Waals surface area contributed by atoms with Crippen molar-refractivity contribution in [3.8, 4) is 0 Å². The van der Waals surface area contributed by atoms with Crippen molar-refractivity contribution in [3.63, 3.8) is 0 Å². The molecule has 0 unspecified atom stereocenters. The fourth-order valence-electron chi connectivity index (χ4n) is 1.54.